The van der Waals surface area contributed by atoms with Crippen molar-refractivity contribution < 1.29 is 9.53 Å². The second-order valence-electron chi connectivity index (χ2n) is 4.72. The normalized spacial score (nSPS) is 13.6. The fraction of sp³-hybridized carbons (Fsp3) is 0.636. The van der Waals surface area contributed by atoms with Crippen molar-refractivity contribution in [3.8, 4) is 0 Å². The average molecular weight is 243 g/mol. The zero-order chi connectivity index (χ0) is 12.5. The summed E-state index contributed by atoms with van der Waals surface area (Å²) in [4.78, 5) is 23.2. The molecule has 1 unspecified atom stereocenters. The molecule has 0 fully saturated rings. The molecule has 0 aliphatic rings. The molecular weight excluding hydrogens is 226 g/mol. The summed E-state index contributed by atoms with van der Waals surface area (Å²) in [7, 11) is 0. The van der Waals surface area contributed by atoms with Crippen molar-refractivity contribution in [2.45, 2.75) is 46.3 Å². The molecule has 0 radical (unpaired) electrons. The van der Waals surface area contributed by atoms with Gasteiger partial charge in [0.05, 0.1) is 0 Å². The van der Waals surface area contributed by atoms with Crippen LogP contribution in [0, 0.1) is 6.92 Å². The first-order valence-electron chi connectivity index (χ1n) is 5.12. The number of esters is 1. The highest BCUT2D eigenvalue weighted by atomic mass is 32.1. The molecule has 0 aromatic carbocycles. The monoisotopic (exact) mass is 243 g/mol. The third-order valence-corrected chi connectivity index (χ3v) is 2.90. The quantitative estimate of drug-likeness (QED) is 0.747. The molecule has 0 aliphatic heterocycles. The third kappa shape index (κ3) is 2.95. The molecule has 1 aromatic heterocycles. The van der Waals surface area contributed by atoms with Gasteiger partial charge >= 0.3 is 10.8 Å². The van der Waals surface area contributed by atoms with Crippen molar-refractivity contribution in [1.82, 2.24) is 4.57 Å². The zero-order valence-corrected chi connectivity index (χ0v) is 11.1. The smallest absolute Gasteiger partial charge is 0.329 e. The molecule has 1 heterocycles. The van der Waals surface area contributed by atoms with E-state index in [1.807, 2.05) is 0 Å². The average Bonchev–Trinajstić information content (AvgIpc) is 2.42. The molecular formula is C11H17NO3S. The minimum atomic E-state index is -0.571. The van der Waals surface area contributed by atoms with E-state index in [2.05, 4.69) is 0 Å². The molecule has 5 heteroatoms. The van der Waals surface area contributed by atoms with Crippen molar-refractivity contribution >= 4 is 17.3 Å². The largest absolute Gasteiger partial charge is 0.458 e. The summed E-state index contributed by atoms with van der Waals surface area (Å²) < 4.78 is 6.70. The number of ether oxygens (including phenoxy) is 1. The Bertz CT molecular complexity index is 439. The number of hydrogen-bond acceptors (Lipinski definition) is 4. The second-order valence-corrected chi connectivity index (χ2v) is 5.54. The van der Waals surface area contributed by atoms with Crippen LogP contribution in [0.4, 0.5) is 0 Å². The Hall–Kier alpha value is -1.10. The minimum Gasteiger partial charge on any atom is -0.458 e. The van der Waals surface area contributed by atoms with E-state index in [4.69, 9.17) is 4.74 Å². The lowest BCUT2D eigenvalue weighted by molar-refractivity contribution is -0.158. The summed E-state index contributed by atoms with van der Waals surface area (Å²) >= 11 is 1.09. The van der Waals surface area contributed by atoms with Gasteiger partial charge in [-0.25, -0.2) is 4.79 Å². The molecule has 0 aliphatic carbocycles. The van der Waals surface area contributed by atoms with Crippen molar-refractivity contribution in [3.63, 3.8) is 0 Å². The molecule has 0 spiro atoms. The lowest BCUT2D eigenvalue weighted by Gasteiger charge is -2.23. The van der Waals surface area contributed by atoms with E-state index in [1.54, 1.807) is 40.0 Å². The number of aromatic nitrogens is 1. The van der Waals surface area contributed by atoms with Crippen molar-refractivity contribution in [2.75, 3.05) is 0 Å². The molecule has 1 rings (SSSR count). The van der Waals surface area contributed by atoms with E-state index in [1.165, 1.54) is 4.57 Å². The number of carbonyl (C=O) groups is 1. The SMILES string of the molecule is Cc1csc(=O)n1C(C)C(=O)OC(C)(C)C. The third-order valence-electron chi connectivity index (χ3n) is 2.04. The van der Waals surface area contributed by atoms with Gasteiger partial charge in [-0.2, -0.15) is 0 Å². The van der Waals surface area contributed by atoms with Gasteiger partial charge in [-0.15, -0.1) is 0 Å². The topological polar surface area (TPSA) is 48.3 Å². The van der Waals surface area contributed by atoms with Crippen LogP contribution in [0.25, 0.3) is 0 Å². The lowest BCUT2D eigenvalue weighted by Crippen LogP contribution is -2.32. The highest BCUT2D eigenvalue weighted by Gasteiger charge is 2.24. The van der Waals surface area contributed by atoms with Gasteiger partial charge in [-0.3, -0.25) is 9.36 Å². The van der Waals surface area contributed by atoms with Gasteiger partial charge in [-0.05, 0) is 34.6 Å². The molecule has 90 valence electrons. The first-order valence-corrected chi connectivity index (χ1v) is 6.00. The van der Waals surface area contributed by atoms with Crippen LogP contribution in [0.15, 0.2) is 10.2 Å². The van der Waals surface area contributed by atoms with Crippen LogP contribution in [0.3, 0.4) is 0 Å². The molecule has 0 N–H and O–H groups in total. The number of thiazole rings is 1. The first-order chi connectivity index (χ1) is 7.22. The molecule has 0 amide bonds. The van der Waals surface area contributed by atoms with Gasteiger partial charge in [-0.1, -0.05) is 11.3 Å². The fourth-order valence-electron chi connectivity index (χ4n) is 1.35. The maximum atomic E-state index is 11.8. The summed E-state index contributed by atoms with van der Waals surface area (Å²) in [5.74, 6) is -0.379. The first kappa shape index (κ1) is 13.0. The number of rotatable bonds is 2. The van der Waals surface area contributed by atoms with Crippen molar-refractivity contribution in [1.29, 1.82) is 0 Å². The highest BCUT2D eigenvalue weighted by molar-refractivity contribution is 7.07. The van der Waals surface area contributed by atoms with E-state index >= 15 is 0 Å². The Morgan fingerprint density at radius 3 is 2.44 bits per heavy atom. The molecule has 1 atom stereocenters. The number of hydrogen-bond donors (Lipinski definition) is 0. The Morgan fingerprint density at radius 1 is 1.50 bits per heavy atom. The molecule has 0 saturated carbocycles. The van der Waals surface area contributed by atoms with Crippen LogP contribution in [-0.2, 0) is 9.53 Å². The van der Waals surface area contributed by atoms with Gasteiger partial charge in [0.2, 0.25) is 0 Å². The van der Waals surface area contributed by atoms with E-state index in [0.717, 1.165) is 17.0 Å². The molecule has 1 aromatic rings. The highest BCUT2D eigenvalue weighted by Crippen LogP contribution is 2.15. The van der Waals surface area contributed by atoms with Gasteiger partial charge in [0.25, 0.3) is 0 Å². The van der Waals surface area contributed by atoms with Crippen molar-refractivity contribution in [3.05, 3.63) is 20.7 Å². The maximum Gasteiger partial charge on any atom is 0.329 e. The number of aryl methyl sites for hydroxylation is 1. The molecule has 0 bridgehead atoms. The summed E-state index contributed by atoms with van der Waals surface area (Å²) in [5, 5.41) is 1.74. The summed E-state index contributed by atoms with van der Waals surface area (Å²) in [6.45, 7) is 8.90. The summed E-state index contributed by atoms with van der Waals surface area (Å²) in [6.07, 6.45) is 0. The minimum absolute atomic E-state index is 0.129. The molecule has 16 heavy (non-hydrogen) atoms. The molecule has 0 saturated heterocycles. The van der Waals surface area contributed by atoms with Crippen LogP contribution in [-0.4, -0.2) is 16.1 Å². The predicted molar refractivity (Wildman–Crippen MR) is 63.9 cm³/mol. The second kappa shape index (κ2) is 4.41. The fourth-order valence-corrected chi connectivity index (χ4v) is 2.15. The van der Waals surface area contributed by atoms with E-state index < -0.39 is 11.6 Å². The van der Waals surface area contributed by atoms with E-state index in [-0.39, 0.29) is 10.8 Å². The van der Waals surface area contributed by atoms with Crippen molar-refractivity contribution in [2.24, 2.45) is 0 Å². The van der Waals surface area contributed by atoms with Crippen LogP contribution in [0.2, 0.25) is 0 Å². The summed E-state index contributed by atoms with van der Waals surface area (Å²) in [5.41, 5.74) is 0.257. The summed E-state index contributed by atoms with van der Waals surface area (Å²) in [6, 6.07) is -0.571. The van der Waals surface area contributed by atoms with Crippen LogP contribution in [0.1, 0.15) is 39.4 Å². The number of nitrogens with zero attached hydrogens (tertiary/aromatic N) is 1. The molecule has 4 nitrogen and oxygen atoms in total. The standard InChI is InChI=1S/C11H17NO3S/c1-7-6-16-10(14)12(7)8(2)9(13)15-11(3,4)5/h6,8H,1-5H3. The number of carbonyl (C=O) groups excluding carboxylic acids is 1. The predicted octanol–water partition coefficient (Wildman–Crippen LogP) is 2.12. The maximum absolute atomic E-state index is 11.8. The van der Waals surface area contributed by atoms with E-state index in [9.17, 15) is 9.59 Å². The van der Waals surface area contributed by atoms with Crippen LogP contribution >= 0.6 is 11.3 Å². The Balaban J connectivity index is 2.91. The van der Waals surface area contributed by atoms with Gasteiger partial charge in [0.15, 0.2) is 0 Å². The Morgan fingerprint density at radius 2 is 2.06 bits per heavy atom. The van der Waals surface area contributed by atoms with E-state index in [0.29, 0.717) is 0 Å². The zero-order valence-electron chi connectivity index (χ0n) is 10.2. The van der Waals surface area contributed by atoms with Gasteiger partial charge in [0.1, 0.15) is 11.6 Å². The van der Waals surface area contributed by atoms with Crippen LogP contribution < -0.4 is 4.87 Å². The lowest BCUT2D eigenvalue weighted by atomic mass is 10.2. The Kier molecular flexibility index (Phi) is 3.57. The van der Waals surface area contributed by atoms with Gasteiger partial charge < -0.3 is 4.74 Å². The van der Waals surface area contributed by atoms with Crippen LogP contribution in [0.5, 0.6) is 0 Å². The Labute approximate surface area is 98.9 Å². The van der Waals surface area contributed by atoms with Gasteiger partial charge in [0, 0.05) is 11.1 Å².